The minimum Gasteiger partial charge on any atom is -0.461 e. The van der Waals surface area contributed by atoms with Crippen molar-refractivity contribution < 1.29 is 21.6 Å². The lowest BCUT2D eigenvalue weighted by Crippen LogP contribution is -2.16. The van der Waals surface area contributed by atoms with Crippen LogP contribution in [0.1, 0.15) is 12.1 Å². The number of hydrogen-bond acceptors (Lipinski definition) is 4. The van der Waals surface area contributed by atoms with Gasteiger partial charge in [0.15, 0.2) is 5.76 Å². The molecular formula is C18H13F2N3O3S. The molecule has 4 rings (SSSR count). The van der Waals surface area contributed by atoms with E-state index < -0.39 is 22.1 Å². The number of primary sulfonamides is 1. The number of sulfonamides is 1. The third-order valence-electron chi connectivity index (χ3n) is 4.09. The van der Waals surface area contributed by atoms with Crippen LogP contribution in [0.4, 0.5) is 8.78 Å². The Balaban J connectivity index is 2.04. The van der Waals surface area contributed by atoms with Crippen molar-refractivity contribution in [3.05, 3.63) is 66.6 Å². The van der Waals surface area contributed by atoms with Gasteiger partial charge in [-0.1, -0.05) is 36.4 Å². The first-order chi connectivity index (χ1) is 12.9. The van der Waals surface area contributed by atoms with E-state index in [1.807, 2.05) is 12.1 Å². The topological polar surface area (TPSA) is 91.1 Å². The molecule has 0 fully saturated rings. The summed E-state index contributed by atoms with van der Waals surface area (Å²) < 4.78 is 57.2. The number of hydrogen-bond donors (Lipinski definition) is 1. The van der Waals surface area contributed by atoms with Crippen molar-refractivity contribution in [1.82, 2.24) is 9.78 Å². The van der Waals surface area contributed by atoms with Gasteiger partial charge in [-0.2, -0.15) is 5.10 Å². The molecular weight excluding hydrogens is 376 g/mol. The Hall–Kier alpha value is -3.04. The zero-order valence-corrected chi connectivity index (χ0v) is 14.5. The molecule has 0 aliphatic rings. The fraction of sp³-hybridized carbons (Fsp3) is 0.0556. The standard InChI is InChI=1S/C18H13F2N3O3S/c19-18(20)13-9-15(17-12-6-2-1-5-11(12)10-26-17)23(22-13)14-7-3-4-8-16(14)27(21,24)25/h1-10,18H,(H2,21,24,25). The van der Waals surface area contributed by atoms with Crippen LogP contribution in [-0.2, 0) is 10.0 Å². The van der Waals surface area contributed by atoms with Gasteiger partial charge in [0.1, 0.15) is 16.3 Å². The molecule has 2 N–H and O–H groups in total. The van der Waals surface area contributed by atoms with E-state index in [1.165, 1.54) is 30.5 Å². The van der Waals surface area contributed by atoms with Crippen molar-refractivity contribution in [1.29, 1.82) is 0 Å². The van der Waals surface area contributed by atoms with Gasteiger partial charge in [0, 0.05) is 10.8 Å². The first-order valence-electron chi connectivity index (χ1n) is 7.83. The lowest BCUT2D eigenvalue weighted by atomic mass is 10.1. The minimum atomic E-state index is -4.10. The largest absolute Gasteiger partial charge is 0.461 e. The summed E-state index contributed by atoms with van der Waals surface area (Å²) in [6.45, 7) is 0. The van der Waals surface area contributed by atoms with E-state index in [4.69, 9.17) is 9.56 Å². The van der Waals surface area contributed by atoms with E-state index in [-0.39, 0.29) is 16.3 Å². The Kier molecular flexibility index (Phi) is 4.05. The lowest BCUT2D eigenvalue weighted by Gasteiger charge is -2.10. The number of rotatable bonds is 4. The summed E-state index contributed by atoms with van der Waals surface area (Å²) in [6, 6.07) is 14.2. The van der Waals surface area contributed by atoms with Crippen LogP contribution in [0.3, 0.4) is 0 Å². The molecule has 27 heavy (non-hydrogen) atoms. The van der Waals surface area contributed by atoms with Gasteiger partial charge in [0.2, 0.25) is 10.0 Å². The fourth-order valence-corrected chi connectivity index (χ4v) is 3.63. The summed E-state index contributed by atoms with van der Waals surface area (Å²) in [6.07, 6.45) is -1.34. The van der Waals surface area contributed by atoms with Gasteiger partial charge in [0.05, 0.1) is 12.0 Å². The van der Waals surface area contributed by atoms with Crippen LogP contribution in [-0.4, -0.2) is 18.2 Å². The van der Waals surface area contributed by atoms with E-state index in [9.17, 15) is 17.2 Å². The number of nitrogens with two attached hydrogens (primary N) is 1. The summed E-state index contributed by atoms with van der Waals surface area (Å²) in [4.78, 5) is -0.231. The highest BCUT2D eigenvalue weighted by atomic mass is 32.2. The third kappa shape index (κ3) is 3.00. The van der Waals surface area contributed by atoms with Crippen LogP contribution in [0.15, 0.2) is 70.2 Å². The van der Waals surface area contributed by atoms with Crippen molar-refractivity contribution in [2.75, 3.05) is 0 Å². The summed E-state index contributed by atoms with van der Waals surface area (Å²) in [5, 5.41) is 10.6. The number of para-hydroxylation sites is 1. The Labute approximate surface area is 152 Å². The summed E-state index contributed by atoms with van der Waals surface area (Å²) >= 11 is 0. The number of aromatic nitrogens is 2. The lowest BCUT2D eigenvalue weighted by molar-refractivity contribution is 0.145. The Morgan fingerprint density at radius 3 is 2.52 bits per heavy atom. The Morgan fingerprint density at radius 1 is 1.07 bits per heavy atom. The minimum absolute atomic E-state index is 0.0578. The molecule has 0 aliphatic heterocycles. The van der Waals surface area contributed by atoms with Crippen molar-refractivity contribution in [3.8, 4) is 17.1 Å². The number of nitrogens with zero attached hydrogens (tertiary/aromatic N) is 2. The van der Waals surface area contributed by atoms with Crippen LogP contribution in [0.5, 0.6) is 0 Å². The quantitative estimate of drug-likeness (QED) is 0.574. The molecule has 2 aromatic carbocycles. The number of furan rings is 1. The highest BCUT2D eigenvalue weighted by molar-refractivity contribution is 7.89. The molecule has 0 unspecified atom stereocenters. The second-order valence-electron chi connectivity index (χ2n) is 5.83. The smallest absolute Gasteiger partial charge is 0.282 e. The van der Waals surface area contributed by atoms with Crippen molar-refractivity contribution in [3.63, 3.8) is 0 Å². The zero-order valence-electron chi connectivity index (χ0n) is 13.7. The second kappa shape index (κ2) is 6.29. The highest BCUT2D eigenvalue weighted by Crippen LogP contribution is 2.35. The van der Waals surface area contributed by atoms with Crippen LogP contribution in [0, 0.1) is 0 Å². The van der Waals surface area contributed by atoms with Gasteiger partial charge in [-0.05, 0) is 18.2 Å². The third-order valence-corrected chi connectivity index (χ3v) is 5.05. The summed E-state index contributed by atoms with van der Waals surface area (Å²) in [5.41, 5.74) is -0.250. The Morgan fingerprint density at radius 2 is 1.78 bits per heavy atom. The molecule has 2 heterocycles. The Bertz CT molecular complexity index is 1250. The van der Waals surface area contributed by atoms with Gasteiger partial charge in [0.25, 0.3) is 6.43 Å². The van der Waals surface area contributed by atoms with Gasteiger partial charge in [-0.15, -0.1) is 0 Å². The molecule has 4 aromatic rings. The average Bonchev–Trinajstić information content (AvgIpc) is 3.25. The monoisotopic (exact) mass is 389 g/mol. The average molecular weight is 389 g/mol. The molecule has 0 bridgehead atoms. The second-order valence-corrected chi connectivity index (χ2v) is 7.36. The molecule has 6 nitrogen and oxygen atoms in total. The van der Waals surface area contributed by atoms with E-state index in [2.05, 4.69) is 5.10 Å². The predicted octanol–water partition coefficient (Wildman–Crippen LogP) is 3.87. The van der Waals surface area contributed by atoms with Gasteiger partial charge >= 0.3 is 0 Å². The van der Waals surface area contributed by atoms with Crippen LogP contribution in [0.25, 0.3) is 27.9 Å². The molecule has 0 aliphatic carbocycles. The molecule has 0 atom stereocenters. The molecule has 0 saturated carbocycles. The van der Waals surface area contributed by atoms with Crippen molar-refractivity contribution in [2.24, 2.45) is 5.14 Å². The van der Waals surface area contributed by atoms with Gasteiger partial charge in [-0.3, -0.25) is 0 Å². The fourth-order valence-electron chi connectivity index (χ4n) is 2.91. The van der Waals surface area contributed by atoms with Gasteiger partial charge in [-0.25, -0.2) is 27.0 Å². The molecule has 0 spiro atoms. The van der Waals surface area contributed by atoms with Crippen LogP contribution < -0.4 is 5.14 Å². The van der Waals surface area contributed by atoms with E-state index in [0.29, 0.717) is 11.1 Å². The van der Waals surface area contributed by atoms with E-state index in [0.717, 1.165) is 10.1 Å². The number of fused-ring (bicyclic) bond motifs is 1. The van der Waals surface area contributed by atoms with Crippen LogP contribution >= 0.6 is 0 Å². The molecule has 2 aromatic heterocycles. The summed E-state index contributed by atoms with van der Waals surface area (Å²) in [5.74, 6) is 0.300. The van der Waals surface area contributed by atoms with Crippen LogP contribution in [0.2, 0.25) is 0 Å². The molecule has 0 amide bonds. The van der Waals surface area contributed by atoms with E-state index in [1.54, 1.807) is 18.2 Å². The maximum absolute atomic E-state index is 13.3. The van der Waals surface area contributed by atoms with Crippen molar-refractivity contribution >= 4 is 20.8 Å². The summed E-state index contributed by atoms with van der Waals surface area (Å²) in [7, 11) is -4.10. The van der Waals surface area contributed by atoms with Gasteiger partial charge < -0.3 is 4.42 Å². The number of alkyl halides is 2. The molecule has 0 saturated heterocycles. The number of benzene rings is 2. The first-order valence-corrected chi connectivity index (χ1v) is 9.38. The molecule has 0 radical (unpaired) electrons. The first kappa shape index (κ1) is 17.4. The molecule has 138 valence electrons. The SMILES string of the molecule is NS(=O)(=O)c1ccccc1-n1nc(C(F)F)cc1-c1occ2ccccc12. The normalized spacial score (nSPS) is 12.1. The van der Waals surface area contributed by atoms with E-state index >= 15 is 0 Å². The highest BCUT2D eigenvalue weighted by Gasteiger charge is 2.24. The molecule has 9 heteroatoms. The maximum Gasteiger partial charge on any atom is 0.282 e. The predicted molar refractivity (Wildman–Crippen MR) is 95.1 cm³/mol. The zero-order chi connectivity index (χ0) is 19.2. The van der Waals surface area contributed by atoms with Crippen molar-refractivity contribution in [2.45, 2.75) is 11.3 Å². The number of halogens is 2. The maximum atomic E-state index is 13.3.